The first-order chi connectivity index (χ1) is 9.16. The maximum atomic E-state index is 14.2. The van der Waals surface area contributed by atoms with Crippen molar-refractivity contribution in [3.8, 4) is 0 Å². The molecule has 20 heavy (non-hydrogen) atoms. The molecule has 0 spiro atoms. The molecule has 1 aromatic rings. The first-order valence-electron chi connectivity index (χ1n) is 6.99. The fourth-order valence-electron chi connectivity index (χ4n) is 3.45. The Kier molecular flexibility index (Phi) is 4.16. The van der Waals surface area contributed by atoms with Crippen molar-refractivity contribution in [2.45, 2.75) is 51.4 Å². The van der Waals surface area contributed by atoms with Crippen molar-refractivity contribution >= 4 is 11.6 Å². The lowest BCUT2D eigenvalue weighted by atomic mass is 9.79. The van der Waals surface area contributed by atoms with Gasteiger partial charge in [-0.25, -0.2) is 4.39 Å². The molecular weight excluding hydrogens is 277 g/mol. The fraction of sp³-hybridized carbons (Fsp3) is 0.625. The zero-order chi connectivity index (χ0) is 15.1. The van der Waals surface area contributed by atoms with Crippen molar-refractivity contribution in [3.63, 3.8) is 0 Å². The van der Waals surface area contributed by atoms with Gasteiger partial charge in [0.15, 0.2) is 0 Å². The number of rotatable bonds is 3. The minimum absolute atomic E-state index is 0.120. The quantitative estimate of drug-likeness (QED) is 0.897. The van der Waals surface area contributed by atoms with Gasteiger partial charge < -0.3 is 10.1 Å². The Morgan fingerprint density at radius 2 is 2.00 bits per heavy atom. The molecule has 0 radical (unpaired) electrons. The normalized spacial score (nSPS) is 25.6. The van der Waals surface area contributed by atoms with Crippen molar-refractivity contribution in [1.29, 1.82) is 0 Å². The molecule has 1 N–H and O–H groups in total. The van der Waals surface area contributed by atoms with Gasteiger partial charge in [-0.1, -0.05) is 11.6 Å². The van der Waals surface area contributed by atoms with Gasteiger partial charge in [-0.2, -0.15) is 0 Å². The number of halogens is 2. The third kappa shape index (κ3) is 3.00. The molecule has 2 rings (SSSR count). The average molecular weight is 300 g/mol. The summed E-state index contributed by atoms with van der Waals surface area (Å²) < 4.78 is 20.3. The third-order valence-corrected chi connectivity index (χ3v) is 4.39. The summed E-state index contributed by atoms with van der Waals surface area (Å²) in [5, 5.41) is 3.80. The highest BCUT2D eigenvalue weighted by molar-refractivity contribution is 6.30. The first kappa shape index (κ1) is 15.7. The van der Waals surface area contributed by atoms with Crippen LogP contribution >= 0.6 is 11.6 Å². The Balaban J connectivity index is 2.40. The van der Waals surface area contributed by atoms with Crippen LogP contribution in [0.3, 0.4) is 0 Å². The molecule has 2 nitrogen and oxygen atoms in total. The number of ether oxygens (including phenoxy) is 1. The average Bonchev–Trinajstić information content (AvgIpc) is 2.53. The van der Waals surface area contributed by atoms with Crippen molar-refractivity contribution in [3.05, 3.63) is 34.6 Å². The Hall–Kier alpha value is -0.640. The molecule has 1 fully saturated rings. The second kappa shape index (κ2) is 5.28. The minimum atomic E-state index is -0.314. The van der Waals surface area contributed by atoms with E-state index in [1.165, 1.54) is 6.07 Å². The van der Waals surface area contributed by atoms with Gasteiger partial charge in [-0.15, -0.1) is 0 Å². The predicted octanol–water partition coefficient (Wildman–Crippen LogP) is 4.33. The summed E-state index contributed by atoms with van der Waals surface area (Å²) in [6, 6.07) is 4.59. The largest absolute Gasteiger partial charge is 0.369 e. The standard InChI is InChI=1S/C16H23ClFNO/c1-15(2)9-12(16(3,4)20-15)14(19-5)11-8-10(17)6-7-13(11)18/h6-8,12,14,19H,9H2,1-5H3. The highest BCUT2D eigenvalue weighted by Gasteiger charge is 2.49. The lowest BCUT2D eigenvalue weighted by molar-refractivity contribution is -0.0777. The van der Waals surface area contributed by atoms with Crippen LogP contribution in [0.2, 0.25) is 5.02 Å². The summed E-state index contributed by atoms with van der Waals surface area (Å²) in [6.45, 7) is 8.30. The molecule has 112 valence electrons. The molecule has 0 aromatic heterocycles. The fourth-order valence-corrected chi connectivity index (χ4v) is 3.63. The van der Waals surface area contributed by atoms with E-state index in [2.05, 4.69) is 33.0 Å². The smallest absolute Gasteiger partial charge is 0.128 e. The molecule has 4 heteroatoms. The number of benzene rings is 1. The maximum absolute atomic E-state index is 14.2. The minimum Gasteiger partial charge on any atom is -0.369 e. The van der Waals surface area contributed by atoms with Crippen LogP contribution in [0.5, 0.6) is 0 Å². The molecule has 1 aromatic carbocycles. The second-order valence-corrected chi connectivity index (χ2v) is 7.14. The highest BCUT2D eigenvalue weighted by atomic mass is 35.5. The molecule has 1 aliphatic heterocycles. The number of hydrogen-bond donors (Lipinski definition) is 1. The van der Waals surface area contributed by atoms with E-state index in [0.717, 1.165) is 6.42 Å². The van der Waals surface area contributed by atoms with Crippen LogP contribution in [0.25, 0.3) is 0 Å². The lowest BCUT2D eigenvalue weighted by Gasteiger charge is -2.33. The summed E-state index contributed by atoms with van der Waals surface area (Å²) in [6.07, 6.45) is 0.872. The maximum Gasteiger partial charge on any atom is 0.128 e. The van der Waals surface area contributed by atoms with Crippen molar-refractivity contribution in [2.75, 3.05) is 7.05 Å². The summed E-state index contributed by atoms with van der Waals surface area (Å²) in [5.74, 6) is -0.0512. The molecule has 2 atom stereocenters. The highest BCUT2D eigenvalue weighted by Crippen LogP contribution is 2.48. The second-order valence-electron chi connectivity index (χ2n) is 6.71. The van der Waals surface area contributed by atoms with Crippen LogP contribution in [-0.2, 0) is 4.74 Å². The predicted molar refractivity (Wildman–Crippen MR) is 80.6 cm³/mol. The zero-order valence-electron chi connectivity index (χ0n) is 12.8. The summed E-state index contributed by atoms with van der Waals surface area (Å²) in [5.41, 5.74) is 0.101. The van der Waals surface area contributed by atoms with Crippen LogP contribution in [-0.4, -0.2) is 18.2 Å². The van der Waals surface area contributed by atoms with E-state index in [1.54, 1.807) is 12.1 Å². The SMILES string of the molecule is CNC(c1cc(Cl)ccc1F)C1CC(C)(C)OC1(C)C. The van der Waals surface area contributed by atoms with Crippen LogP contribution in [0, 0.1) is 11.7 Å². The van der Waals surface area contributed by atoms with Gasteiger partial charge in [0.05, 0.1) is 11.2 Å². The van der Waals surface area contributed by atoms with Gasteiger partial charge >= 0.3 is 0 Å². The van der Waals surface area contributed by atoms with E-state index < -0.39 is 0 Å². The summed E-state index contributed by atoms with van der Waals surface area (Å²) in [4.78, 5) is 0. The first-order valence-corrected chi connectivity index (χ1v) is 7.36. The molecule has 1 aliphatic rings. The zero-order valence-corrected chi connectivity index (χ0v) is 13.5. The van der Waals surface area contributed by atoms with Gasteiger partial charge in [0.2, 0.25) is 0 Å². The number of nitrogens with one attached hydrogen (secondary N) is 1. The van der Waals surface area contributed by atoms with Crippen LogP contribution in [0.15, 0.2) is 18.2 Å². The number of hydrogen-bond acceptors (Lipinski definition) is 2. The molecule has 0 saturated carbocycles. The van der Waals surface area contributed by atoms with E-state index >= 15 is 0 Å². The Labute approximate surface area is 125 Å². The Morgan fingerprint density at radius 3 is 2.50 bits per heavy atom. The van der Waals surface area contributed by atoms with E-state index in [-0.39, 0.29) is 29.0 Å². The summed E-state index contributed by atoms with van der Waals surface area (Å²) in [7, 11) is 1.85. The van der Waals surface area contributed by atoms with Crippen molar-refractivity contribution < 1.29 is 9.13 Å². The van der Waals surface area contributed by atoms with Crippen molar-refractivity contribution in [2.24, 2.45) is 5.92 Å². The monoisotopic (exact) mass is 299 g/mol. The van der Waals surface area contributed by atoms with Crippen LogP contribution in [0.4, 0.5) is 4.39 Å². The molecule has 2 unspecified atom stereocenters. The third-order valence-electron chi connectivity index (χ3n) is 4.15. The Bertz CT molecular complexity index is 501. The van der Waals surface area contributed by atoms with E-state index in [1.807, 2.05) is 7.05 Å². The topological polar surface area (TPSA) is 21.3 Å². The van der Waals surface area contributed by atoms with Crippen LogP contribution < -0.4 is 5.32 Å². The molecule has 0 aliphatic carbocycles. The summed E-state index contributed by atoms with van der Waals surface area (Å²) >= 11 is 6.03. The van der Waals surface area contributed by atoms with Gasteiger partial charge in [0, 0.05) is 22.5 Å². The van der Waals surface area contributed by atoms with E-state index in [4.69, 9.17) is 16.3 Å². The molecule has 1 heterocycles. The van der Waals surface area contributed by atoms with E-state index in [9.17, 15) is 4.39 Å². The molecular formula is C16H23ClFNO. The lowest BCUT2D eigenvalue weighted by Crippen LogP contribution is -2.37. The molecule has 1 saturated heterocycles. The Morgan fingerprint density at radius 1 is 1.35 bits per heavy atom. The molecule has 0 bridgehead atoms. The van der Waals surface area contributed by atoms with E-state index in [0.29, 0.717) is 10.6 Å². The van der Waals surface area contributed by atoms with Gasteiger partial charge in [0.1, 0.15) is 5.82 Å². The van der Waals surface area contributed by atoms with Gasteiger partial charge in [-0.05, 0) is 59.4 Å². The van der Waals surface area contributed by atoms with Crippen molar-refractivity contribution in [1.82, 2.24) is 5.32 Å². The molecule has 0 amide bonds. The van der Waals surface area contributed by atoms with Gasteiger partial charge in [0.25, 0.3) is 0 Å². The van der Waals surface area contributed by atoms with Gasteiger partial charge in [-0.3, -0.25) is 0 Å². The van der Waals surface area contributed by atoms with Crippen LogP contribution in [0.1, 0.15) is 45.7 Å².